The number of rotatable bonds is 3. The number of hydrogen-bond donors (Lipinski definition) is 0. The Labute approximate surface area is 114 Å². The molecule has 2 rings (SSSR count). The topological polar surface area (TPSA) is 38.8 Å². The summed E-state index contributed by atoms with van der Waals surface area (Å²) in [4.78, 5) is 14.0. The fourth-order valence-corrected chi connectivity index (χ4v) is 2.90. The van der Waals surface area contributed by atoms with Gasteiger partial charge in [0.2, 0.25) is 0 Å². The third-order valence-corrected chi connectivity index (χ3v) is 3.99. The van der Waals surface area contributed by atoms with E-state index < -0.39 is 12.1 Å². The summed E-state index contributed by atoms with van der Waals surface area (Å²) in [7, 11) is 0. The predicted octanol–water partition coefficient (Wildman–Crippen LogP) is 2.12. The average Bonchev–Trinajstić information content (AvgIpc) is 2.90. The number of amides is 1. The van der Waals surface area contributed by atoms with E-state index in [1.165, 1.54) is 0 Å². The van der Waals surface area contributed by atoms with Crippen LogP contribution in [0.5, 0.6) is 0 Å². The molecule has 0 spiro atoms. The van der Waals surface area contributed by atoms with Gasteiger partial charge in [-0.1, -0.05) is 13.8 Å². The van der Waals surface area contributed by atoms with E-state index in [4.69, 9.17) is 9.47 Å². The Morgan fingerprint density at radius 2 is 1.89 bits per heavy atom. The van der Waals surface area contributed by atoms with Crippen molar-refractivity contribution in [3.63, 3.8) is 0 Å². The van der Waals surface area contributed by atoms with Crippen LogP contribution in [0.25, 0.3) is 0 Å². The van der Waals surface area contributed by atoms with E-state index in [1.807, 2.05) is 6.92 Å². The molecule has 0 aromatic rings. The summed E-state index contributed by atoms with van der Waals surface area (Å²) in [6, 6.07) is -0.0909. The maximum atomic E-state index is 14.1. The smallest absolute Gasteiger partial charge is 0.258 e. The summed E-state index contributed by atoms with van der Waals surface area (Å²) in [6.45, 7) is 6.55. The minimum absolute atomic E-state index is 0.0519. The molecule has 0 N–H and O–H groups in total. The van der Waals surface area contributed by atoms with Crippen molar-refractivity contribution in [2.24, 2.45) is 5.92 Å². The zero-order valence-electron chi connectivity index (χ0n) is 12.0. The Morgan fingerprint density at radius 3 is 2.47 bits per heavy atom. The number of carbonyl (C=O) groups is 1. The summed E-state index contributed by atoms with van der Waals surface area (Å²) in [5.74, 6) is -0.709. The van der Waals surface area contributed by atoms with E-state index in [1.54, 1.807) is 18.7 Å². The van der Waals surface area contributed by atoms with E-state index in [0.717, 1.165) is 19.3 Å². The summed E-state index contributed by atoms with van der Waals surface area (Å²) in [6.07, 6.45) is 0.943. The van der Waals surface area contributed by atoms with Gasteiger partial charge in [-0.3, -0.25) is 4.79 Å². The first-order valence-electron chi connectivity index (χ1n) is 7.21. The molecule has 0 radical (unpaired) electrons. The minimum atomic E-state index is -1.44. The van der Waals surface area contributed by atoms with Crippen molar-refractivity contribution >= 4 is 5.91 Å². The predicted molar refractivity (Wildman–Crippen MR) is 69.4 cm³/mol. The highest BCUT2D eigenvalue weighted by molar-refractivity contribution is 5.81. The van der Waals surface area contributed by atoms with Crippen molar-refractivity contribution in [3.8, 4) is 0 Å². The lowest BCUT2D eigenvalue weighted by Gasteiger charge is -2.43. The van der Waals surface area contributed by atoms with Crippen LogP contribution in [0, 0.1) is 5.92 Å². The highest BCUT2D eigenvalue weighted by Gasteiger charge is 2.42. The number of carbonyl (C=O) groups excluding carboxylic acids is 1. The fraction of sp³-hybridized carbons (Fsp3) is 0.929. The lowest BCUT2D eigenvalue weighted by molar-refractivity contribution is -0.162. The Balaban J connectivity index is 2.13. The molecule has 4 nitrogen and oxygen atoms in total. The Morgan fingerprint density at radius 1 is 1.26 bits per heavy atom. The highest BCUT2D eigenvalue weighted by atomic mass is 19.1. The normalized spacial score (nSPS) is 30.9. The number of likely N-dealkylation sites (tertiary alicyclic amines) is 1. The molecule has 0 saturated carbocycles. The Hall–Kier alpha value is -0.680. The maximum Gasteiger partial charge on any atom is 0.258 e. The van der Waals surface area contributed by atoms with Gasteiger partial charge < -0.3 is 14.4 Å². The molecule has 2 aliphatic rings. The molecule has 2 aliphatic heterocycles. The van der Waals surface area contributed by atoms with Crippen LogP contribution in [0.4, 0.5) is 4.39 Å². The molecule has 0 aromatic heterocycles. The third kappa shape index (κ3) is 3.08. The van der Waals surface area contributed by atoms with Crippen molar-refractivity contribution in [1.29, 1.82) is 0 Å². The van der Waals surface area contributed by atoms with Gasteiger partial charge in [0.1, 0.15) is 0 Å². The molecule has 0 aliphatic carbocycles. The molecular weight excluding hydrogens is 249 g/mol. The second kappa shape index (κ2) is 6.18. The van der Waals surface area contributed by atoms with Gasteiger partial charge in [0, 0.05) is 6.04 Å². The molecule has 2 heterocycles. The first-order valence-corrected chi connectivity index (χ1v) is 7.21. The van der Waals surface area contributed by atoms with Gasteiger partial charge in [0.25, 0.3) is 5.91 Å². The Bertz CT molecular complexity index is 318. The maximum absolute atomic E-state index is 14.1. The molecule has 2 saturated heterocycles. The molecule has 110 valence electrons. The van der Waals surface area contributed by atoms with Crippen molar-refractivity contribution in [2.45, 2.75) is 64.6 Å². The third-order valence-electron chi connectivity index (χ3n) is 3.99. The summed E-state index contributed by atoms with van der Waals surface area (Å²) in [5.41, 5.74) is 0. The zero-order chi connectivity index (χ0) is 14.0. The van der Waals surface area contributed by atoms with Crippen LogP contribution in [-0.4, -0.2) is 48.6 Å². The number of ether oxygens (including phenoxy) is 2. The van der Waals surface area contributed by atoms with Gasteiger partial charge in [-0.2, -0.15) is 0 Å². The van der Waals surface area contributed by atoms with Crippen LogP contribution in [0.1, 0.15) is 40.0 Å². The van der Waals surface area contributed by atoms with E-state index in [9.17, 15) is 9.18 Å². The van der Waals surface area contributed by atoms with Crippen molar-refractivity contribution in [3.05, 3.63) is 0 Å². The van der Waals surface area contributed by atoms with Gasteiger partial charge >= 0.3 is 0 Å². The molecule has 2 fully saturated rings. The van der Waals surface area contributed by atoms with Crippen molar-refractivity contribution in [1.82, 2.24) is 4.90 Å². The average molecular weight is 273 g/mol. The molecule has 1 unspecified atom stereocenters. The van der Waals surface area contributed by atoms with Gasteiger partial charge in [-0.25, -0.2) is 4.39 Å². The van der Waals surface area contributed by atoms with Gasteiger partial charge in [-0.15, -0.1) is 0 Å². The van der Waals surface area contributed by atoms with Crippen LogP contribution in [0.3, 0.4) is 0 Å². The first kappa shape index (κ1) is 14.7. The van der Waals surface area contributed by atoms with Gasteiger partial charge in [-0.05, 0) is 32.1 Å². The zero-order valence-corrected chi connectivity index (χ0v) is 12.0. The van der Waals surface area contributed by atoms with E-state index in [2.05, 4.69) is 0 Å². The number of hydrogen-bond acceptors (Lipinski definition) is 3. The molecule has 3 atom stereocenters. The van der Waals surface area contributed by atoms with Crippen molar-refractivity contribution in [2.75, 3.05) is 13.2 Å². The lowest BCUT2D eigenvalue weighted by atomic mass is 9.94. The quantitative estimate of drug-likeness (QED) is 0.790. The molecule has 0 aromatic carbocycles. The number of halogens is 1. The number of nitrogens with zero attached hydrogens (tertiary/aromatic N) is 1. The fourth-order valence-electron chi connectivity index (χ4n) is 2.90. The van der Waals surface area contributed by atoms with E-state index in [0.29, 0.717) is 13.2 Å². The second-order valence-electron chi connectivity index (χ2n) is 5.85. The SMILES string of the molecule is CC(C)C(F)C(=O)N1[C@@H](C)CCC[C@H]1C1OCCO1. The van der Waals surface area contributed by atoms with Crippen molar-refractivity contribution < 1.29 is 18.7 Å². The summed E-state index contributed by atoms with van der Waals surface area (Å²) in [5, 5.41) is 0. The minimum Gasteiger partial charge on any atom is -0.348 e. The first-order chi connectivity index (χ1) is 9.02. The van der Waals surface area contributed by atoms with Crippen LogP contribution >= 0.6 is 0 Å². The highest BCUT2D eigenvalue weighted by Crippen LogP contribution is 2.30. The molecule has 0 bridgehead atoms. The molecular formula is C14H24FNO3. The van der Waals surface area contributed by atoms with E-state index in [-0.39, 0.29) is 24.3 Å². The summed E-state index contributed by atoms with van der Waals surface area (Å²) < 4.78 is 25.1. The van der Waals surface area contributed by atoms with Gasteiger partial charge in [0.05, 0.1) is 19.3 Å². The van der Waals surface area contributed by atoms with Crippen LogP contribution in [0.2, 0.25) is 0 Å². The molecule has 19 heavy (non-hydrogen) atoms. The second-order valence-corrected chi connectivity index (χ2v) is 5.85. The molecule has 1 amide bonds. The number of alkyl halides is 1. The summed E-state index contributed by atoms with van der Waals surface area (Å²) >= 11 is 0. The number of piperidine rings is 1. The van der Waals surface area contributed by atoms with Crippen LogP contribution in [0.15, 0.2) is 0 Å². The molecule has 5 heteroatoms. The standard InChI is InChI=1S/C14H24FNO3/c1-9(2)12(15)13(17)16-10(3)5-4-6-11(16)14-18-7-8-19-14/h9-12,14H,4-8H2,1-3H3/t10-,11-,12?/m0/s1. The largest absolute Gasteiger partial charge is 0.348 e. The van der Waals surface area contributed by atoms with Crippen LogP contribution < -0.4 is 0 Å². The van der Waals surface area contributed by atoms with E-state index >= 15 is 0 Å². The lowest BCUT2D eigenvalue weighted by Crippen LogP contribution is -2.56. The Kier molecular flexibility index (Phi) is 4.79. The van der Waals surface area contributed by atoms with Gasteiger partial charge in [0.15, 0.2) is 12.5 Å². The monoisotopic (exact) mass is 273 g/mol. The van der Waals surface area contributed by atoms with Crippen LogP contribution in [-0.2, 0) is 14.3 Å².